The number of para-hydroxylation sites is 1. The number of piperidine rings is 1. The Labute approximate surface area is 120 Å². The number of nitrogens with one attached hydrogen (secondary N) is 1. The molecule has 4 nitrogen and oxygen atoms in total. The summed E-state index contributed by atoms with van der Waals surface area (Å²) in [5.74, 6) is 1.12. The molecule has 20 heavy (non-hydrogen) atoms. The van der Waals surface area contributed by atoms with Gasteiger partial charge in [-0.2, -0.15) is 0 Å². The molecule has 0 aliphatic carbocycles. The highest BCUT2D eigenvalue weighted by Gasteiger charge is 2.31. The average molecular weight is 274 g/mol. The molecule has 1 unspecified atom stereocenters. The molecule has 0 aromatic heterocycles. The molecule has 2 aliphatic rings. The van der Waals surface area contributed by atoms with Crippen LogP contribution < -0.4 is 10.1 Å². The number of amides is 1. The van der Waals surface area contributed by atoms with Crippen molar-refractivity contribution >= 4 is 5.91 Å². The van der Waals surface area contributed by atoms with Gasteiger partial charge in [-0.3, -0.25) is 4.79 Å². The largest absolute Gasteiger partial charge is 0.492 e. The number of fused-ring (bicyclic) bond motifs is 1. The Morgan fingerprint density at radius 1 is 1.30 bits per heavy atom. The zero-order chi connectivity index (χ0) is 13.9. The van der Waals surface area contributed by atoms with E-state index in [-0.39, 0.29) is 11.8 Å². The van der Waals surface area contributed by atoms with E-state index in [0.717, 1.165) is 43.7 Å². The summed E-state index contributed by atoms with van der Waals surface area (Å²) in [5.41, 5.74) is 1.15. The second-order valence-electron chi connectivity index (χ2n) is 5.75. The summed E-state index contributed by atoms with van der Waals surface area (Å²) in [6.45, 7) is 2.52. The van der Waals surface area contributed by atoms with Crippen LogP contribution in [0.25, 0.3) is 0 Å². The lowest BCUT2D eigenvalue weighted by atomic mass is 9.94. The summed E-state index contributed by atoms with van der Waals surface area (Å²) < 4.78 is 5.73. The standard InChI is InChI=1S/C16H22N2O2/c1-18(14-6-8-17-9-7-14)16(19)13-10-12-4-2-3-5-15(12)20-11-13/h2-5,13-14,17H,6-11H2,1H3. The fraction of sp³-hybridized carbons (Fsp3) is 0.562. The molecular weight excluding hydrogens is 252 g/mol. The number of nitrogens with zero attached hydrogens (tertiary/aromatic N) is 1. The molecule has 1 aromatic rings. The molecule has 3 rings (SSSR count). The van der Waals surface area contributed by atoms with E-state index in [0.29, 0.717) is 12.6 Å². The van der Waals surface area contributed by atoms with Gasteiger partial charge in [-0.05, 0) is 44.0 Å². The normalized spacial score (nSPS) is 22.8. The van der Waals surface area contributed by atoms with E-state index >= 15 is 0 Å². The SMILES string of the molecule is CN(C(=O)C1COc2ccccc2C1)C1CCNCC1. The van der Waals surface area contributed by atoms with E-state index in [1.807, 2.05) is 30.1 Å². The maximum atomic E-state index is 12.6. The minimum Gasteiger partial charge on any atom is -0.492 e. The Balaban J connectivity index is 1.66. The van der Waals surface area contributed by atoms with E-state index < -0.39 is 0 Å². The van der Waals surface area contributed by atoms with Crippen LogP contribution in [0.5, 0.6) is 5.75 Å². The van der Waals surface area contributed by atoms with Crippen molar-refractivity contribution in [3.63, 3.8) is 0 Å². The molecule has 1 amide bonds. The lowest BCUT2D eigenvalue weighted by Crippen LogP contribution is -2.47. The number of hydrogen-bond donors (Lipinski definition) is 1. The second-order valence-corrected chi connectivity index (χ2v) is 5.75. The third kappa shape index (κ3) is 2.66. The van der Waals surface area contributed by atoms with Crippen LogP contribution >= 0.6 is 0 Å². The number of hydrogen-bond acceptors (Lipinski definition) is 3. The van der Waals surface area contributed by atoms with Crippen molar-refractivity contribution in [2.75, 3.05) is 26.7 Å². The van der Waals surface area contributed by atoms with Gasteiger partial charge >= 0.3 is 0 Å². The van der Waals surface area contributed by atoms with E-state index in [1.54, 1.807) is 0 Å². The van der Waals surface area contributed by atoms with Crippen LogP contribution in [0.4, 0.5) is 0 Å². The van der Waals surface area contributed by atoms with E-state index in [4.69, 9.17) is 4.74 Å². The Hall–Kier alpha value is -1.55. The maximum Gasteiger partial charge on any atom is 0.229 e. The lowest BCUT2D eigenvalue weighted by Gasteiger charge is -2.35. The molecule has 0 saturated carbocycles. The van der Waals surface area contributed by atoms with E-state index in [9.17, 15) is 4.79 Å². The van der Waals surface area contributed by atoms with E-state index in [2.05, 4.69) is 11.4 Å². The van der Waals surface area contributed by atoms with E-state index in [1.165, 1.54) is 0 Å². The number of benzene rings is 1. The molecular formula is C16H22N2O2. The van der Waals surface area contributed by atoms with Crippen LogP contribution in [0.2, 0.25) is 0 Å². The average Bonchev–Trinajstić information content (AvgIpc) is 2.54. The highest BCUT2D eigenvalue weighted by molar-refractivity contribution is 5.79. The van der Waals surface area contributed by atoms with Gasteiger partial charge in [0, 0.05) is 13.1 Å². The van der Waals surface area contributed by atoms with Crippen LogP contribution in [0, 0.1) is 5.92 Å². The summed E-state index contributed by atoms with van der Waals surface area (Å²) in [7, 11) is 1.94. The second kappa shape index (κ2) is 5.83. The number of carbonyl (C=O) groups excluding carboxylic acids is 1. The minimum absolute atomic E-state index is 0.0372. The molecule has 0 spiro atoms. The van der Waals surface area contributed by atoms with Crippen molar-refractivity contribution in [1.82, 2.24) is 10.2 Å². The van der Waals surface area contributed by atoms with Crippen LogP contribution in [-0.2, 0) is 11.2 Å². The molecule has 1 N–H and O–H groups in total. The highest BCUT2D eigenvalue weighted by Crippen LogP contribution is 2.28. The van der Waals surface area contributed by atoms with Crippen molar-refractivity contribution in [3.05, 3.63) is 29.8 Å². The Morgan fingerprint density at radius 2 is 2.05 bits per heavy atom. The third-order valence-electron chi connectivity index (χ3n) is 4.43. The molecule has 1 fully saturated rings. The Kier molecular flexibility index (Phi) is 3.92. The van der Waals surface area contributed by atoms with Crippen molar-refractivity contribution < 1.29 is 9.53 Å². The van der Waals surface area contributed by atoms with Crippen molar-refractivity contribution in [3.8, 4) is 5.75 Å². The van der Waals surface area contributed by atoms with Crippen LogP contribution in [0.3, 0.4) is 0 Å². The first-order chi connectivity index (χ1) is 9.75. The maximum absolute atomic E-state index is 12.6. The molecule has 1 saturated heterocycles. The predicted molar refractivity (Wildman–Crippen MR) is 77.8 cm³/mol. The molecule has 2 heterocycles. The highest BCUT2D eigenvalue weighted by atomic mass is 16.5. The third-order valence-corrected chi connectivity index (χ3v) is 4.43. The molecule has 108 valence electrons. The first-order valence-electron chi connectivity index (χ1n) is 7.44. The first kappa shape index (κ1) is 13.4. The van der Waals surface area contributed by atoms with Crippen molar-refractivity contribution in [2.45, 2.75) is 25.3 Å². The van der Waals surface area contributed by atoms with Gasteiger partial charge in [0.25, 0.3) is 0 Å². The van der Waals surface area contributed by atoms with Gasteiger partial charge in [0.05, 0.1) is 5.92 Å². The predicted octanol–water partition coefficient (Wildman–Crippen LogP) is 1.45. The molecule has 0 bridgehead atoms. The van der Waals surface area contributed by atoms with Gasteiger partial charge in [-0.25, -0.2) is 0 Å². The monoisotopic (exact) mass is 274 g/mol. The van der Waals surface area contributed by atoms with Gasteiger partial charge in [0.15, 0.2) is 0 Å². The summed E-state index contributed by atoms with van der Waals surface area (Å²) in [6, 6.07) is 8.39. The lowest BCUT2D eigenvalue weighted by molar-refractivity contribution is -0.138. The van der Waals surface area contributed by atoms with Gasteiger partial charge in [-0.1, -0.05) is 18.2 Å². The fourth-order valence-electron chi connectivity index (χ4n) is 3.15. The summed E-state index contributed by atoms with van der Waals surface area (Å²) in [6.07, 6.45) is 2.89. The summed E-state index contributed by atoms with van der Waals surface area (Å²) in [4.78, 5) is 14.6. The number of carbonyl (C=O) groups is 1. The quantitative estimate of drug-likeness (QED) is 0.887. The fourth-order valence-corrected chi connectivity index (χ4v) is 3.15. The molecule has 1 aromatic carbocycles. The Bertz CT molecular complexity index is 483. The van der Waals surface area contributed by atoms with Gasteiger partial charge < -0.3 is 15.0 Å². The summed E-state index contributed by atoms with van der Waals surface area (Å²) in [5, 5.41) is 3.34. The zero-order valence-electron chi connectivity index (χ0n) is 12.0. The number of ether oxygens (including phenoxy) is 1. The minimum atomic E-state index is -0.0372. The van der Waals surface area contributed by atoms with Crippen LogP contribution in [-0.4, -0.2) is 43.6 Å². The van der Waals surface area contributed by atoms with Crippen molar-refractivity contribution in [1.29, 1.82) is 0 Å². The van der Waals surface area contributed by atoms with Crippen LogP contribution in [0.15, 0.2) is 24.3 Å². The molecule has 1 atom stereocenters. The Morgan fingerprint density at radius 3 is 2.85 bits per heavy atom. The summed E-state index contributed by atoms with van der Waals surface area (Å²) >= 11 is 0. The van der Waals surface area contributed by atoms with Crippen LogP contribution in [0.1, 0.15) is 18.4 Å². The zero-order valence-corrected chi connectivity index (χ0v) is 12.0. The first-order valence-corrected chi connectivity index (χ1v) is 7.44. The van der Waals surface area contributed by atoms with Gasteiger partial charge in [-0.15, -0.1) is 0 Å². The van der Waals surface area contributed by atoms with Crippen molar-refractivity contribution in [2.24, 2.45) is 5.92 Å². The molecule has 4 heteroatoms. The molecule has 0 radical (unpaired) electrons. The van der Waals surface area contributed by atoms with Gasteiger partial charge in [0.1, 0.15) is 12.4 Å². The topological polar surface area (TPSA) is 41.6 Å². The molecule has 2 aliphatic heterocycles. The smallest absolute Gasteiger partial charge is 0.229 e. The van der Waals surface area contributed by atoms with Gasteiger partial charge in [0.2, 0.25) is 5.91 Å². The number of rotatable bonds is 2.